The summed E-state index contributed by atoms with van der Waals surface area (Å²) in [5.74, 6) is -1.59. The lowest BCUT2D eigenvalue weighted by atomic mass is 9.85. The monoisotopic (exact) mass is 406 g/mol. The Kier molecular flexibility index (Phi) is 4.06. The number of hydrogen-bond donors (Lipinski definition) is 1. The number of likely N-dealkylation sites (tertiary alicyclic amines) is 1. The first kappa shape index (κ1) is 18.6. The SMILES string of the molecule is Cc1c(NC(=O)CN2C(=O)[C@@H]3[C@@H](C2=O)[C@H]2C=C[C@H]3C2)c(=O)n(-c2ccccc2)n1C. The summed E-state index contributed by atoms with van der Waals surface area (Å²) in [6.45, 7) is 1.36. The molecular formula is C22H22N4O4. The van der Waals surface area contributed by atoms with E-state index in [-0.39, 0.29) is 53.3 Å². The summed E-state index contributed by atoms with van der Waals surface area (Å²) < 4.78 is 3.12. The predicted octanol–water partition coefficient (Wildman–Crippen LogP) is 1.23. The number of fused-ring (bicyclic) bond motifs is 5. The number of allylic oxidation sites excluding steroid dienone is 2. The van der Waals surface area contributed by atoms with Gasteiger partial charge < -0.3 is 5.32 Å². The molecular weight excluding hydrogens is 384 g/mol. The molecule has 1 aliphatic heterocycles. The van der Waals surface area contributed by atoms with E-state index in [2.05, 4.69) is 5.32 Å². The first-order valence-electron chi connectivity index (χ1n) is 10.1. The van der Waals surface area contributed by atoms with E-state index in [9.17, 15) is 19.2 Å². The fourth-order valence-corrected chi connectivity index (χ4v) is 5.15. The summed E-state index contributed by atoms with van der Waals surface area (Å²) in [4.78, 5) is 52.2. The average molecular weight is 406 g/mol. The van der Waals surface area contributed by atoms with Crippen LogP contribution in [0.1, 0.15) is 12.1 Å². The van der Waals surface area contributed by atoms with Gasteiger partial charge in [0.25, 0.3) is 5.56 Å². The topological polar surface area (TPSA) is 93.4 Å². The van der Waals surface area contributed by atoms with Crippen LogP contribution >= 0.6 is 0 Å². The van der Waals surface area contributed by atoms with Crippen molar-refractivity contribution < 1.29 is 14.4 Å². The number of rotatable bonds is 4. The van der Waals surface area contributed by atoms with Gasteiger partial charge in [0, 0.05) is 7.05 Å². The Hall–Kier alpha value is -3.42. The molecule has 8 nitrogen and oxygen atoms in total. The van der Waals surface area contributed by atoms with Crippen LogP contribution in [0.25, 0.3) is 5.69 Å². The van der Waals surface area contributed by atoms with Crippen LogP contribution in [0.15, 0.2) is 47.3 Å². The van der Waals surface area contributed by atoms with Crippen molar-refractivity contribution in [1.29, 1.82) is 0 Å². The van der Waals surface area contributed by atoms with Crippen molar-refractivity contribution in [3.8, 4) is 5.69 Å². The summed E-state index contributed by atoms with van der Waals surface area (Å²) in [5, 5.41) is 2.63. The van der Waals surface area contributed by atoms with Gasteiger partial charge in [-0.3, -0.25) is 28.8 Å². The van der Waals surface area contributed by atoms with Gasteiger partial charge in [-0.25, -0.2) is 4.68 Å². The zero-order valence-corrected chi connectivity index (χ0v) is 16.7. The van der Waals surface area contributed by atoms with Gasteiger partial charge in [0.1, 0.15) is 12.2 Å². The number of nitrogens with one attached hydrogen (secondary N) is 1. The summed E-state index contributed by atoms with van der Waals surface area (Å²) in [5.41, 5.74) is 1.03. The lowest BCUT2D eigenvalue weighted by molar-refractivity contribution is -0.143. The van der Waals surface area contributed by atoms with E-state index in [0.717, 1.165) is 11.3 Å². The highest BCUT2D eigenvalue weighted by Crippen LogP contribution is 2.52. The van der Waals surface area contributed by atoms with Gasteiger partial charge >= 0.3 is 0 Å². The van der Waals surface area contributed by atoms with Gasteiger partial charge in [-0.15, -0.1) is 0 Å². The normalized spacial score (nSPS) is 26.5. The Labute approximate surface area is 172 Å². The molecule has 2 aromatic rings. The number of imide groups is 1. The number of hydrogen-bond acceptors (Lipinski definition) is 4. The van der Waals surface area contributed by atoms with Gasteiger partial charge in [0.2, 0.25) is 17.7 Å². The quantitative estimate of drug-likeness (QED) is 0.611. The molecule has 5 rings (SSSR count). The number of carbonyl (C=O) groups is 3. The molecule has 30 heavy (non-hydrogen) atoms. The van der Waals surface area contributed by atoms with Gasteiger partial charge in [0.15, 0.2) is 0 Å². The number of para-hydroxylation sites is 1. The number of amides is 3. The first-order valence-corrected chi connectivity index (χ1v) is 10.1. The maximum atomic E-state index is 12.9. The van der Waals surface area contributed by atoms with Crippen LogP contribution in [0.3, 0.4) is 0 Å². The van der Waals surface area contributed by atoms with Gasteiger partial charge in [-0.05, 0) is 37.3 Å². The maximum absolute atomic E-state index is 12.9. The second kappa shape index (κ2) is 6.55. The highest BCUT2D eigenvalue weighted by molar-refractivity contribution is 6.09. The van der Waals surface area contributed by atoms with E-state index in [1.54, 1.807) is 30.8 Å². The van der Waals surface area contributed by atoms with E-state index in [1.807, 2.05) is 30.4 Å². The molecule has 1 aromatic carbocycles. The molecule has 2 fully saturated rings. The van der Waals surface area contributed by atoms with Crippen LogP contribution < -0.4 is 10.9 Å². The second-order valence-electron chi connectivity index (χ2n) is 8.25. The molecule has 8 heteroatoms. The van der Waals surface area contributed by atoms with Crippen molar-refractivity contribution in [2.75, 3.05) is 11.9 Å². The van der Waals surface area contributed by atoms with Crippen LogP contribution in [-0.4, -0.2) is 38.5 Å². The fourth-order valence-electron chi connectivity index (χ4n) is 5.15. The van der Waals surface area contributed by atoms with Crippen LogP contribution in [0.4, 0.5) is 5.69 Å². The van der Waals surface area contributed by atoms with E-state index in [0.29, 0.717) is 11.4 Å². The summed E-state index contributed by atoms with van der Waals surface area (Å²) >= 11 is 0. The maximum Gasteiger partial charge on any atom is 0.295 e. The van der Waals surface area contributed by atoms with Crippen molar-refractivity contribution in [3.05, 3.63) is 58.5 Å². The van der Waals surface area contributed by atoms with Crippen molar-refractivity contribution >= 4 is 23.4 Å². The molecule has 1 aromatic heterocycles. The average Bonchev–Trinajstić information content (AvgIpc) is 3.46. The lowest BCUT2D eigenvalue weighted by Crippen LogP contribution is -2.39. The van der Waals surface area contributed by atoms with Crippen LogP contribution in [0, 0.1) is 30.6 Å². The molecule has 0 unspecified atom stereocenters. The summed E-state index contributed by atoms with van der Waals surface area (Å²) in [6.07, 6.45) is 4.87. The van der Waals surface area contributed by atoms with Crippen LogP contribution in [0.5, 0.6) is 0 Å². The molecule has 1 N–H and O–H groups in total. The third-order valence-electron chi connectivity index (χ3n) is 6.68. The van der Waals surface area contributed by atoms with Gasteiger partial charge in [-0.2, -0.15) is 0 Å². The number of carbonyl (C=O) groups excluding carboxylic acids is 3. The molecule has 0 radical (unpaired) electrons. The number of nitrogens with zero attached hydrogens (tertiary/aromatic N) is 3. The molecule has 0 spiro atoms. The molecule has 2 bridgehead atoms. The molecule has 4 atom stereocenters. The zero-order chi connectivity index (χ0) is 21.2. The molecule has 2 aliphatic carbocycles. The predicted molar refractivity (Wildman–Crippen MR) is 109 cm³/mol. The van der Waals surface area contributed by atoms with Crippen LogP contribution in [0.2, 0.25) is 0 Å². The number of benzene rings is 1. The Balaban J connectivity index is 1.37. The third-order valence-corrected chi connectivity index (χ3v) is 6.68. The lowest BCUT2D eigenvalue weighted by Gasteiger charge is -2.16. The number of aromatic nitrogens is 2. The van der Waals surface area contributed by atoms with Crippen LogP contribution in [-0.2, 0) is 21.4 Å². The van der Waals surface area contributed by atoms with Gasteiger partial charge in [0.05, 0.1) is 23.2 Å². The highest BCUT2D eigenvalue weighted by atomic mass is 16.2. The minimum Gasteiger partial charge on any atom is -0.318 e. The minimum absolute atomic E-state index is 0.0963. The second-order valence-corrected chi connectivity index (χ2v) is 8.25. The Morgan fingerprint density at radius 1 is 1.03 bits per heavy atom. The largest absolute Gasteiger partial charge is 0.318 e. The minimum atomic E-state index is -0.553. The highest BCUT2D eigenvalue weighted by Gasteiger charge is 2.59. The number of anilines is 1. The Morgan fingerprint density at radius 3 is 2.23 bits per heavy atom. The Morgan fingerprint density at radius 2 is 1.63 bits per heavy atom. The van der Waals surface area contributed by atoms with E-state index in [1.165, 1.54) is 4.68 Å². The Bertz CT molecular complexity index is 1130. The van der Waals surface area contributed by atoms with Crippen molar-refractivity contribution in [2.24, 2.45) is 30.7 Å². The standard InChI is InChI=1S/C22H22N4O4/c1-12-19(22(30)26(24(12)2)15-6-4-3-5-7-15)23-16(27)11-25-20(28)17-13-8-9-14(10-13)18(17)21(25)29/h3-9,13-14,17-18H,10-11H2,1-2H3,(H,23,27)/t13-,14-,17-,18-/m0/s1. The summed E-state index contributed by atoms with van der Waals surface area (Å²) in [6, 6.07) is 9.11. The molecule has 1 saturated carbocycles. The zero-order valence-electron chi connectivity index (χ0n) is 16.7. The fraction of sp³-hybridized carbons (Fsp3) is 0.364. The van der Waals surface area contributed by atoms with Crippen molar-refractivity contribution in [2.45, 2.75) is 13.3 Å². The smallest absolute Gasteiger partial charge is 0.295 e. The summed E-state index contributed by atoms with van der Waals surface area (Å²) in [7, 11) is 1.73. The van der Waals surface area contributed by atoms with Crippen molar-refractivity contribution in [3.63, 3.8) is 0 Å². The molecule has 3 aliphatic rings. The van der Waals surface area contributed by atoms with E-state index in [4.69, 9.17) is 0 Å². The molecule has 2 heterocycles. The molecule has 154 valence electrons. The molecule has 1 saturated heterocycles. The van der Waals surface area contributed by atoms with Crippen molar-refractivity contribution in [1.82, 2.24) is 14.3 Å². The van der Waals surface area contributed by atoms with E-state index < -0.39 is 5.91 Å². The van der Waals surface area contributed by atoms with Gasteiger partial charge in [-0.1, -0.05) is 30.4 Å². The molecule has 3 amide bonds. The van der Waals surface area contributed by atoms with E-state index >= 15 is 0 Å². The third kappa shape index (κ3) is 2.52. The first-order chi connectivity index (χ1) is 14.4.